The molecule has 1 aliphatic rings. The van der Waals surface area contributed by atoms with E-state index in [1.807, 2.05) is 12.1 Å². The summed E-state index contributed by atoms with van der Waals surface area (Å²) >= 11 is 0. The average molecular weight is 304 g/mol. The first-order chi connectivity index (χ1) is 10.5. The predicted molar refractivity (Wildman–Crippen MR) is 89.2 cm³/mol. The fraction of sp³-hybridized carbons (Fsp3) is 0.611. The fourth-order valence-corrected chi connectivity index (χ4v) is 2.62. The van der Waals surface area contributed by atoms with Crippen molar-refractivity contribution in [2.45, 2.75) is 39.0 Å². The van der Waals surface area contributed by atoms with Crippen LogP contribution in [0.25, 0.3) is 0 Å². The Morgan fingerprint density at radius 3 is 2.91 bits per heavy atom. The van der Waals surface area contributed by atoms with Crippen molar-refractivity contribution in [3.8, 4) is 5.75 Å². The molecular formula is C18H28N2O2. The van der Waals surface area contributed by atoms with Crippen molar-refractivity contribution in [2.24, 2.45) is 5.92 Å². The SMILES string of the molecule is CC(C)(C)c1cccc(OCCNC(=O)C2CCCNC2)c1. The molecule has 2 rings (SSSR count). The number of hydrogen-bond donors (Lipinski definition) is 2. The summed E-state index contributed by atoms with van der Waals surface area (Å²) in [5.41, 5.74) is 1.36. The summed E-state index contributed by atoms with van der Waals surface area (Å²) < 4.78 is 5.75. The van der Waals surface area contributed by atoms with E-state index in [-0.39, 0.29) is 17.2 Å². The number of nitrogens with one attached hydrogen (secondary N) is 2. The Morgan fingerprint density at radius 2 is 2.23 bits per heavy atom. The van der Waals surface area contributed by atoms with Crippen LogP contribution < -0.4 is 15.4 Å². The molecule has 2 N–H and O–H groups in total. The van der Waals surface area contributed by atoms with Gasteiger partial charge in [0.05, 0.1) is 12.5 Å². The number of amides is 1. The second-order valence-electron chi connectivity index (χ2n) is 6.96. The third-order valence-corrected chi connectivity index (χ3v) is 4.04. The summed E-state index contributed by atoms with van der Waals surface area (Å²) in [5.74, 6) is 1.11. The molecule has 1 aliphatic heterocycles. The minimum Gasteiger partial charge on any atom is -0.492 e. The minimum absolute atomic E-state index is 0.109. The van der Waals surface area contributed by atoms with E-state index in [4.69, 9.17) is 4.74 Å². The summed E-state index contributed by atoms with van der Waals surface area (Å²) in [4.78, 5) is 12.0. The highest BCUT2D eigenvalue weighted by atomic mass is 16.5. The van der Waals surface area contributed by atoms with Gasteiger partial charge in [0.15, 0.2) is 0 Å². The van der Waals surface area contributed by atoms with E-state index in [0.717, 1.165) is 31.7 Å². The van der Waals surface area contributed by atoms with Crippen LogP contribution in [0, 0.1) is 5.92 Å². The monoisotopic (exact) mass is 304 g/mol. The van der Waals surface area contributed by atoms with Gasteiger partial charge in [-0.3, -0.25) is 4.79 Å². The number of rotatable bonds is 5. The van der Waals surface area contributed by atoms with E-state index in [9.17, 15) is 4.79 Å². The molecule has 0 aliphatic carbocycles. The predicted octanol–water partition coefficient (Wildman–Crippen LogP) is 2.48. The molecule has 1 saturated heterocycles. The fourth-order valence-electron chi connectivity index (χ4n) is 2.62. The standard InChI is InChI=1S/C18H28N2O2/c1-18(2,3)15-7-4-8-16(12-15)22-11-10-20-17(21)14-6-5-9-19-13-14/h4,7-8,12,14,19H,5-6,9-11,13H2,1-3H3,(H,20,21). The minimum atomic E-state index is 0.109. The van der Waals surface area contributed by atoms with Crippen LogP contribution in [0.5, 0.6) is 5.75 Å². The molecule has 1 unspecified atom stereocenters. The molecule has 1 aromatic carbocycles. The van der Waals surface area contributed by atoms with Gasteiger partial charge in [0, 0.05) is 6.54 Å². The van der Waals surface area contributed by atoms with E-state index in [2.05, 4.69) is 43.5 Å². The van der Waals surface area contributed by atoms with Crippen molar-refractivity contribution >= 4 is 5.91 Å². The maximum atomic E-state index is 12.0. The van der Waals surface area contributed by atoms with Gasteiger partial charge in [0.25, 0.3) is 0 Å². The quantitative estimate of drug-likeness (QED) is 0.822. The van der Waals surface area contributed by atoms with Crippen molar-refractivity contribution in [1.82, 2.24) is 10.6 Å². The molecule has 122 valence electrons. The number of hydrogen-bond acceptors (Lipinski definition) is 3. The first-order valence-electron chi connectivity index (χ1n) is 8.18. The highest BCUT2D eigenvalue weighted by Gasteiger charge is 2.20. The maximum Gasteiger partial charge on any atom is 0.224 e. The third kappa shape index (κ3) is 5.02. The Labute approximate surface area is 133 Å². The first-order valence-corrected chi connectivity index (χ1v) is 8.18. The van der Waals surface area contributed by atoms with Crippen molar-refractivity contribution in [3.05, 3.63) is 29.8 Å². The molecule has 1 fully saturated rings. The van der Waals surface area contributed by atoms with Crippen molar-refractivity contribution in [2.75, 3.05) is 26.2 Å². The summed E-state index contributed by atoms with van der Waals surface area (Å²) in [6.45, 7) is 9.42. The lowest BCUT2D eigenvalue weighted by Gasteiger charge is -2.22. The lowest BCUT2D eigenvalue weighted by Crippen LogP contribution is -2.41. The Hall–Kier alpha value is -1.55. The second-order valence-corrected chi connectivity index (χ2v) is 6.96. The summed E-state index contributed by atoms with van der Waals surface area (Å²) in [5, 5.41) is 6.22. The van der Waals surface area contributed by atoms with E-state index >= 15 is 0 Å². The van der Waals surface area contributed by atoms with Crippen molar-refractivity contribution < 1.29 is 9.53 Å². The molecule has 0 bridgehead atoms. The Kier molecular flexibility index (Phi) is 5.83. The molecule has 1 amide bonds. The van der Waals surface area contributed by atoms with E-state index in [1.54, 1.807) is 0 Å². The van der Waals surface area contributed by atoms with Crippen molar-refractivity contribution in [1.29, 1.82) is 0 Å². The van der Waals surface area contributed by atoms with Gasteiger partial charge in [-0.2, -0.15) is 0 Å². The number of piperidine rings is 1. The molecule has 1 atom stereocenters. The molecule has 0 aromatic heterocycles. The van der Waals surface area contributed by atoms with Gasteiger partial charge < -0.3 is 15.4 Å². The Balaban J connectivity index is 1.73. The Morgan fingerprint density at radius 1 is 1.41 bits per heavy atom. The summed E-state index contributed by atoms with van der Waals surface area (Å²) in [7, 11) is 0. The zero-order valence-electron chi connectivity index (χ0n) is 13.9. The molecule has 22 heavy (non-hydrogen) atoms. The average Bonchev–Trinajstić information content (AvgIpc) is 2.52. The van der Waals surface area contributed by atoms with Gasteiger partial charge in [0.1, 0.15) is 12.4 Å². The van der Waals surface area contributed by atoms with Gasteiger partial charge in [0.2, 0.25) is 5.91 Å². The lowest BCUT2D eigenvalue weighted by atomic mass is 9.87. The van der Waals surface area contributed by atoms with Gasteiger partial charge in [-0.15, -0.1) is 0 Å². The van der Waals surface area contributed by atoms with E-state index in [0.29, 0.717) is 13.2 Å². The van der Waals surface area contributed by atoms with Crippen LogP contribution in [0.1, 0.15) is 39.2 Å². The van der Waals surface area contributed by atoms with Gasteiger partial charge in [-0.25, -0.2) is 0 Å². The van der Waals surface area contributed by atoms with Crippen LogP contribution in [0.4, 0.5) is 0 Å². The Bertz CT molecular complexity index is 488. The largest absolute Gasteiger partial charge is 0.492 e. The molecule has 1 heterocycles. The van der Waals surface area contributed by atoms with Crippen molar-refractivity contribution in [3.63, 3.8) is 0 Å². The van der Waals surface area contributed by atoms with Gasteiger partial charge in [-0.1, -0.05) is 32.9 Å². The number of ether oxygens (including phenoxy) is 1. The summed E-state index contributed by atoms with van der Waals surface area (Å²) in [6, 6.07) is 8.17. The van der Waals surface area contributed by atoms with Crippen LogP contribution in [0.3, 0.4) is 0 Å². The smallest absolute Gasteiger partial charge is 0.224 e. The molecule has 0 spiro atoms. The zero-order valence-corrected chi connectivity index (χ0v) is 13.9. The van der Waals surface area contributed by atoms with Crippen LogP contribution in [-0.2, 0) is 10.2 Å². The highest BCUT2D eigenvalue weighted by molar-refractivity contribution is 5.78. The van der Waals surface area contributed by atoms with Crippen LogP contribution >= 0.6 is 0 Å². The van der Waals surface area contributed by atoms with Crippen LogP contribution in [-0.4, -0.2) is 32.1 Å². The summed E-state index contributed by atoms with van der Waals surface area (Å²) in [6.07, 6.45) is 2.06. The van der Waals surface area contributed by atoms with Gasteiger partial charge >= 0.3 is 0 Å². The number of carbonyl (C=O) groups is 1. The maximum absolute atomic E-state index is 12.0. The molecule has 0 saturated carbocycles. The highest BCUT2D eigenvalue weighted by Crippen LogP contribution is 2.25. The van der Waals surface area contributed by atoms with Crippen LogP contribution in [0.2, 0.25) is 0 Å². The van der Waals surface area contributed by atoms with Gasteiger partial charge in [-0.05, 0) is 42.5 Å². The normalized spacial score (nSPS) is 18.8. The molecule has 0 radical (unpaired) electrons. The second kappa shape index (κ2) is 7.63. The zero-order chi connectivity index (χ0) is 16.0. The molecule has 4 nitrogen and oxygen atoms in total. The van der Waals surface area contributed by atoms with E-state index < -0.39 is 0 Å². The lowest BCUT2D eigenvalue weighted by molar-refractivity contribution is -0.125. The topological polar surface area (TPSA) is 50.4 Å². The first kappa shape index (κ1) is 16.8. The number of benzene rings is 1. The molecular weight excluding hydrogens is 276 g/mol. The molecule has 1 aromatic rings. The van der Waals surface area contributed by atoms with Crippen LogP contribution in [0.15, 0.2) is 24.3 Å². The third-order valence-electron chi connectivity index (χ3n) is 4.04. The van der Waals surface area contributed by atoms with E-state index in [1.165, 1.54) is 5.56 Å². The number of carbonyl (C=O) groups excluding carboxylic acids is 1. The molecule has 4 heteroatoms.